The maximum atomic E-state index is 12.5. The zero-order valence-electron chi connectivity index (χ0n) is 10.4. The van der Waals surface area contributed by atoms with Crippen LogP contribution in [0, 0.1) is 0 Å². The standard InChI is InChI=1S/C13H16F3NOS/c14-13(15,16)10-2-1-3-12(8-10)19-7-6-17-5-4-11(18)9-17/h1-3,8,11,18H,4-7,9H2. The summed E-state index contributed by atoms with van der Waals surface area (Å²) < 4.78 is 37.6. The van der Waals surface area contributed by atoms with Crippen LogP contribution in [0.4, 0.5) is 13.2 Å². The van der Waals surface area contributed by atoms with Crippen LogP contribution in [0.25, 0.3) is 0 Å². The summed E-state index contributed by atoms with van der Waals surface area (Å²) in [6.07, 6.45) is -3.75. The predicted molar refractivity (Wildman–Crippen MR) is 69.2 cm³/mol. The van der Waals surface area contributed by atoms with E-state index in [1.807, 2.05) is 0 Å². The molecule has 0 radical (unpaired) electrons. The Labute approximate surface area is 114 Å². The molecule has 19 heavy (non-hydrogen) atoms. The van der Waals surface area contributed by atoms with Crippen molar-refractivity contribution in [3.63, 3.8) is 0 Å². The van der Waals surface area contributed by atoms with Gasteiger partial charge in [0.2, 0.25) is 0 Å². The number of likely N-dealkylation sites (tertiary alicyclic amines) is 1. The molecule has 1 unspecified atom stereocenters. The molecule has 0 bridgehead atoms. The van der Waals surface area contributed by atoms with E-state index in [0.717, 1.165) is 31.3 Å². The van der Waals surface area contributed by atoms with E-state index < -0.39 is 11.7 Å². The second kappa shape index (κ2) is 6.15. The second-order valence-electron chi connectivity index (χ2n) is 4.62. The SMILES string of the molecule is OC1CCN(CCSc2cccc(C(F)(F)F)c2)C1. The average Bonchev–Trinajstić information content (AvgIpc) is 2.74. The van der Waals surface area contributed by atoms with Gasteiger partial charge in [0.25, 0.3) is 0 Å². The molecule has 0 amide bonds. The van der Waals surface area contributed by atoms with Crippen LogP contribution in [-0.4, -0.2) is 41.5 Å². The van der Waals surface area contributed by atoms with E-state index in [4.69, 9.17) is 0 Å². The van der Waals surface area contributed by atoms with Crippen molar-refractivity contribution in [2.45, 2.75) is 23.6 Å². The molecule has 2 nitrogen and oxygen atoms in total. The minimum absolute atomic E-state index is 0.251. The Morgan fingerprint density at radius 2 is 2.16 bits per heavy atom. The van der Waals surface area contributed by atoms with Crippen LogP contribution in [-0.2, 0) is 6.18 Å². The maximum Gasteiger partial charge on any atom is 0.416 e. The predicted octanol–water partition coefficient (Wildman–Crippen LogP) is 2.86. The topological polar surface area (TPSA) is 23.5 Å². The number of thioether (sulfide) groups is 1. The molecule has 0 saturated carbocycles. The highest BCUT2D eigenvalue weighted by molar-refractivity contribution is 7.99. The summed E-state index contributed by atoms with van der Waals surface area (Å²) in [7, 11) is 0. The van der Waals surface area contributed by atoms with Gasteiger partial charge in [0.1, 0.15) is 0 Å². The maximum absolute atomic E-state index is 12.5. The Hall–Kier alpha value is -0.720. The first-order chi connectivity index (χ1) is 8.95. The van der Waals surface area contributed by atoms with Crippen molar-refractivity contribution in [1.82, 2.24) is 4.90 Å². The van der Waals surface area contributed by atoms with E-state index in [2.05, 4.69) is 4.90 Å². The molecule has 1 fully saturated rings. The Bertz CT molecular complexity index is 425. The first-order valence-electron chi connectivity index (χ1n) is 6.15. The second-order valence-corrected chi connectivity index (χ2v) is 5.79. The quantitative estimate of drug-likeness (QED) is 0.863. The summed E-state index contributed by atoms with van der Waals surface area (Å²) in [5, 5.41) is 9.37. The van der Waals surface area contributed by atoms with Crippen LogP contribution in [0.3, 0.4) is 0 Å². The molecule has 6 heteroatoms. The third-order valence-electron chi connectivity index (χ3n) is 3.09. The van der Waals surface area contributed by atoms with Gasteiger partial charge in [-0.15, -0.1) is 11.8 Å². The van der Waals surface area contributed by atoms with Gasteiger partial charge in [-0.25, -0.2) is 0 Å². The van der Waals surface area contributed by atoms with Gasteiger partial charge in [-0.05, 0) is 24.6 Å². The van der Waals surface area contributed by atoms with E-state index in [1.54, 1.807) is 6.07 Å². The fraction of sp³-hybridized carbons (Fsp3) is 0.538. The molecular formula is C13H16F3NOS. The van der Waals surface area contributed by atoms with E-state index in [0.29, 0.717) is 11.4 Å². The third kappa shape index (κ3) is 4.40. The van der Waals surface area contributed by atoms with E-state index >= 15 is 0 Å². The first kappa shape index (κ1) is 14.7. The lowest BCUT2D eigenvalue weighted by molar-refractivity contribution is -0.137. The van der Waals surface area contributed by atoms with E-state index in [-0.39, 0.29) is 6.10 Å². The molecule has 1 aliphatic heterocycles. The largest absolute Gasteiger partial charge is 0.416 e. The summed E-state index contributed by atoms with van der Waals surface area (Å²) >= 11 is 1.42. The van der Waals surface area contributed by atoms with Gasteiger partial charge in [-0.1, -0.05) is 6.07 Å². The molecule has 1 aromatic rings. The molecule has 1 aliphatic rings. The Balaban J connectivity index is 1.83. The van der Waals surface area contributed by atoms with Crippen molar-refractivity contribution in [3.8, 4) is 0 Å². The fourth-order valence-electron chi connectivity index (χ4n) is 2.07. The number of halogens is 3. The molecule has 0 aromatic heterocycles. The molecule has 1 heterocycles. The molecule has 0 aliphatic carbocycles. The zero-order chi connectivity index (χ0) is 13.9. The van der Waals surface area contributed by atoms with Crippen molar-refractivity contribution in [2.24, 2.45) is 0 Å². The van der Waals surface area contributed by atoms with Crippen LogP contribution in [0.15, 0.2) is 29.2 Å². The van der Waals surface area contributed by atoms with Crippen molar-refractivity contribution in [3.05, 3.63) is 29.8 Å². The average molecular weight is 291 g/mol. The fourth-order valence-corrected chi connectivity index (χ4v) is 3.04. The Morgan fingerprint density at radius 3 is 2.79 bits per heavy atom. The van der Waals surface area contributed by atoms with Crippen LogP contribution < -0.4 is 0 Å². The van der Waals surface area contributed by atoms with Crippen LogP contribution >= 0.6 is 11.8 Å². The summed E-state index contributed by atoms with van der Waals surface area (Å²) in [5.41, 5.74) is -0.603. The molecule has 1 aromatic carbocycles. The summed E-state index contributed by atoms with van der Waals surface area (Å²) in [6.45, 7) is 2.32. The molecule has 106 valence electrons. The van der Waals surface area contributed by atoms with Crippen molar-refractivity contribution < 1.29 is 18.3 Å². The van der Waals surface area contributed by atoms with Gasteiger partial charge in [0.05, 0.1) is 11.7 Å². The number of rotatable bonds is 4. The molecule has 0 spiro atoms. The van der Waals surface area contributed by atoms with Gasteiger partial charge in [0, 0.05) is 30.3 Å². The lowest BCUT2D eigenvalue weighted by Gasteiger charge is -2.14. The number of hydrogen-bond donors (Lipinski definition) is 1. The number of aliphatic hydroxyl groups is 1. The molecular weight excluding hydrogens is 275 g/mol. The Kier molecular flexibility index (Phi) is 4.76. The monoisotopic (exact) mass is 291 g/mol. The van der Waals surface area contributed by atoms with Crippen molar-refractivity contribution in [2.75, 3.05) is 25.4 Å². The number of nitrogens with zero attached hydrogens (tertiary/aromatic N) is 1. The zero-order valence-corrected chi connectivity index (χ0v) is 11.2. The normalized spacial score (nSPS) is 20.9. The van der Waals surface area contributed by atoms with Gasteiger partial charge in [-0.2, -0.15) is 13.2 Å². The minimum atomic E-state index is -4.28. The van der Waals surface area contributed by atoms with Crippen molar-refractivity contribution in [1.29, 1.82) is 0 Å². The first-order valence-corrected chi connectivity index (χ1v) is 7.14. The van der Waals surface area contributed by atoms with Crippen molar-refractivity contribution >= 4 is 11.8 Å². The number of aliphatic hydroxyl groups excluding tert-OH is 1. The van der Waals surface area contributed by atoms with Gasteiger partial charge >= 0.3 is 6.18 Å². The minimum Gasteiger partial charge on any atom is -0.392 e. The Morgan fingerprint density at radius 1 is 1.37 bits per heavy atom. The van der Waals surface area contributed by atoms with Crippen LogP contribution in [0.1, 0.15) is 12.0 Å². The summed E-state index contributed by atoms with van der Waals surface area (Å²) in [4.78, 5) is 2.76. The number of hydrogen-bond acceptors (Lipinski definition) is 3. The molecule has 1 atom stereocenters. The van der Waals surface area contributed by atoms with Crippen LogP contribution in [0.5, 0.6) is 0 Å². The van der Waals surface area contributed by atoms with Gasteiger partial charge in [0.15, 0.2) is 0 Å². The summed E-state index contributed by atoms with van der Waals surface area (Å²) in [5.74, 6) is 0.730. The highest BCUT2D eigenvalue weighted by atomic mass is 32.2. The smallest absolute Gasteiger partial charge is 0.392 e. The van der Waals surface area contributed by atoms with Gasteiger partial charge in [-0.3, -0.25) is 4.90 Å². The molecule has 1 N–H and O–H groups in total. The van der Waals surface area contributed by atoms with E-state index in [1.165, 1.54) is 23.9 Å². The van der Waals surface area contributed by atoms with E-state index in [9.17, 15) is 18.3 Å². The lowest BCUT2D eigenvalue weighted by atomic mass is 10.2. The number of benzene rings is 1. The molecule has 1 saturated heterocycles. The van der Waals surface area contributed by atoms with Gasteiger partial charge < -0.3 is 5.11 Å². The third-order valence-corrected chi connectivity index (χ3v) is 4.06. The van der Waals surface area contributed by atoms with Crippen LogP contribution in [0.2, 0.25) is 0 Å². The molecule has 2 rings (SSSR count). The number of β-amino-alcohol motifs (C(OH)–C–C–N with tert-alkyl or cyclic N) is 1. The highest BCUT2D eigenvalue weighted by Crippen LogP contribution is 2.31. The number of alkyl halides is 3. The summed E-state index contributed by atoms with van der Waals surface area (Å²) in [6, 6.07) is 5.40. The lowest BCUT2D eigenvalue weighted by Crippen LogP contribution is -2.24. The highest BCUT2D eigenvalue weighted by Gasteiger charge is 2.30.